The van der Waals surface area contributed by atoms with E-state index in [2.05, 4.69) is 13.2 Å². The highest BCUT2D eigenvalue weighted by molar-refractivity contribution is 6.07. The summed E-state index contributed by atoms with van der Waals surface area (Å²) in [5, 5.41) is 10.7. The molecule has 8 nitrogen and oxygen atoms in total. The third kappa shape index (κ3) is 5.02. The van der Waals surface area contributed by atoms with E-state index in [0.29, 0.717) is 12.0 Å². The number of carbonyl (C=O) groups excluding carboxylic acids is 3. The zero-order valence-corrected chi connectivity index (χ0v) is 20.4. The number of esters is 1. The van der Waals surface area contributed by atoms with E-state index < -0.39 is 24.1 Å². The first-order chi connectivity index (χ1) is 17.9. The SMILES string of the molecule is C=CCOC(=O)O[C@H](C)[C@H]1C(=O)N2C(C(=O)OCC=C)=C(c3ccc4cc(/C=C/C#N)ccc4c3)C[C@H]12. The number of allylic oxidation sites excluding steroid dienone is 1. The van der Waals surface area contributed by atoms with Gasteiger partial charge < -0.3 is 19.1 Å². The molecule has 1 amide bonds. The molecule has 0 unspecified atom stereocenters. The molecule has 2 aromatic carbocycles. The van der Waals surface area contributed by atoms with Crippen LogP contribution in [-0.4, -0.2) is 48.3 Å². The quantitative estimate of drug-likeness (QED) is 0.212. The van der Waals surface area contributed by atoms with Crippen molar-refractivity contribution in [3.63, 3.8) is 0 Å². The summed E-state index contributed by atoms with van der Waals surface area (Å²) in [5.74, 6) is -1.55. The van der Waals surface area contributed by atoms with Gasteiger partial charge in [-0.05, 0) is 59.0 Å². The van der Waals surface area contributed by atoms with Crippen molar-refractivity contribution in [2.45, 2.75) is 25.5 Å². The van der Waals surface area contributed by atoms with Crippen LogP contribution in [0, 0.1) is 17.2 Å². The van der Waals surface area contributed by atoms with Gasteiger partial charge in [0.25, 0.3) is 0 Å². The normalized spacial score (nSPS) is 19.1. The molecule has 0 saturated carbocycles. The van der Waals surface area contributed by atoms with Crippen LogP contribution in [-0.2, 0) is 23.8 Å². The van der Waals surface area contributed by atoms with E-state index in [1.165, 1.54) is 23.1 Å². The average Bonchev–Trinajstić information content (AvgIpc) is 3.24. The highest BCUT2D eigenvalue weighted by atomic mass is 16.7. The molecule has 4 rings (SSSR count). The van der Waals surface area contributed by atoms with Crippen molar-refractivity contribution < 1.29 is 28.6 Å². The van der Waals surface area contributed by atoms with Gasteiger partial charge >= 0.3 is 12.1 Å². The topological polar surface area (TPSA) is 106 Å². The van der Waals surface area contributed by atoms with Crippen LogP contribution in [0.15, 0.2) is 73.5 Å². The number of nitriles is 1. The Kier molecular flexibility index (Phi) is 7.54. The summed E-state index contributed by atoms with van der Waals surface area (Å²) >= 11 is 0. The first-order valence-corrected chi connectivity index (χ1v) is 11.8. The second-order valence-corrected chi connectivity index (χ2v) is 8.68. The van der Waals surface area contributed by atoms with E-state index in [9.17, 15) is 14.4 Å². The molecule has 1 saturated heterocycles. The van der Waals surface area contributed by atoms with Crippen LogP contribution in [0.3, 0.4) is 0 Å². The summed E-state index contributed by atoms with van der Waals surface area (Å²) in [7, 11) is 0. The summed E-state index contributed by atoms with van der Waals surface area (Å²) in [6.07, 6.45) is 4.81. The van der Waals surface area contributed by atoms with Crippen LogP contribution in [0.2, 0.25) is 0 Å². The number of benzene rings is 2. The van der Waals surface area contributed by atoms with Crippen LogP contribution in [0.1, 0.15) is 24.5 Å². The summed E-state index contributed by atoms with van der Waals surface area (Å²) in [4.78, 5) is 39.6. The Bertz CT molecular complexity index is 1380. The first kappa shape index (κ1) is 25.5. The molecule has 8 heteroatoms. The number of β-lactam (4-membered cyclic amide) rings is 1. The number of carbonyl (C=O) groups is 3. The molecule has 37 heavy (non-hydrogen) atoms. The molecule has 2 aromatic rings. The van der Waals surface area contributed by atoms with Crippen molar-refractivity contribution in [2.24, 2.45) is 5.92 Å². The molecule has 0 aliphatic carbocycles. The summed E-state index contributed by atoms with van der Waals surface area (Å²) in [6.45, 7) is 8.71. The molecular formula is C29H26N2O6. The van der Waals surface area contributed by atoms with E-state index in [1.807, 2.05) is 42.5 Å². The van der Waals surface area contributed by atoms with Gasteiger partial charge in [0.15, 0.2) is 0 Å². The van der Waals surface area contributed by atoms with Gasteiger partial charge in [-0.2, -0.15) is 5.26 Å². The Balaban J connectivity index is 1.64. The second-order valence-electron chi connectivity index (χ2n) is 8.68. The fraction of sp³-hybridized carbons (Fsp3) is 0.241. The molecule has 0 N–H and O–H groups in total. The van der Waals surface area contributed by atoms with Crippen molar-refractivity contribution in [1.82, 2.24) is 4.90 Å². The molecule has 2 aliphatic rings. The number of ether oxygens (including phenoxy) is 3. The molecular weight excluding hydrogens is 472 g/mol. The van der Waals surface area contributed by atoms with Crippen molar-refractivity contribution in [3.05, 3.63) is 84.6 Å². The van der Waals surface area contributed by atoms with Gasteiger partial charge in [0.05, 0.1) is 18.0 Å². The fourth-order valence-corrected chi connectivity index (χ4v) is 4.78. The number of amides is 1. The summed E-state index contributed by atoms with van der Waals surface area (Å²) in [6, 6.07) is 13.2. The summed E-state index contributed by atoms with van der Waals surface area (Å²) < 4.78 is 15.5. The maximum absolute atomic E-state index is 13.2. The largest absolute Gasteiger partial charge is 0.508 e. The minimum absolute atomic E-state index is 0.00276. The molecule has 188 valence electrons. The molecule has 1 fully saturated rings. The van der Waals surface area contributed by atoms with Gasteiger partial charge in [0, 0.05) is 6.08 Å². The molecule has 3 atom stereocenters. The minimum atomic E-state index is -0.881. The zero-order valence-electron chi connectivity index (χ0n) is 20.4. The number of nitrogens with zero attached hydrogens (tertiary/aromatic N) is 2. The van der Waals surface area contributed by atoms with Crippen molar-refractivity contribution in [2.75, 3.05) is 13.2 Å². The number of hydrogen-bond acceptors (Lipinski definition) is 7. The average molecular weight is 499 g/mol. The number of fused-ring (bicyclic) bond motifs is 2. The Morgan fingerprint density at radius 2 is 1.84 bits per heavy atom. The lowest BCUT2D eigenvalue weighted by molar-refractivity contribution is -0.162. The van der Waals surface area contributed by atoms with Gasteiger partial charge in [-0.25, -0.2) is 9.59 Å². The van der Waals surface area contributed by atoms with Crippen molar-refractivity contribution in [1.29, 1.82) is 5.26 Å². The number of rotatable bonds is 9. The highest BCUT2D eigenvalue weighted by Gasteiger charge is 2.58. The fourth-order valence-electron chi connectivity index (χ4n) is 4.78. The molecule has 0 bridgehead atoms. The lowest BCUT2D eigenvalue weighted by atomic mass is 9.82. The van der Waals surface area contributed by atoms with Gasteiger partial charge in [0.1, 0.15) is 25.0 Å². The lowest BCUT2D eigenvalue weighted by Crippen LogP contribution is -2.62. The van der Waals surface area contributed by atoms with E-state index in [0.717, 1.165) is 21.9 Å². The van der Waals surface area contributed by atoms with E-state index in [1.54, 1.807) is 13.0 Å². The Morgan fingerprint density at radius 3 is 2.57 bits per heavy atom. The van der Waals surface area contributed by atoms with Gasteiger partial charge in [-0.15, -0.1) is 0 Å². The highest BCUT2D eigenvalue weighted by Crippen LogP contribution is 2.48. The first-order valence-electron chi connectivity index (χ1n) is 11.8. The van der Waals surface area contributed by atoms with Crippen molar-refractivity contribution in [3.8, 4) is 6.07 Å². The predicted molar refractivity (Wildman–Crippen MR) is 138 cm³/mol. The van der Waals surface area contributed by atoms with Crippen LogP contribution >= 0.6 is 0 Å². The third-order valence-electron chi connectivity index (χ3n) is 6.40. The second kappa shape index (κ2) is 11.0. The van der Waals surface area contributed by atoms with E-state index >= 15 is 0 Å². The third-order valence-corrected chi connectivity index (χ3v) is 6.40. The summed E-state index contributed by atoms with van der Waals surface area (Å²) in [5.41, 5.74) is 2.57. The zero-order chi connectivity index (χ0) is 26.5. The van der Waals surface area contributed by atoms with Crippen LogP contribution in [0.5, 0.6) is 0 Å². The molecule has 0 radical (unpaired) electrons. The number of hydrogen-bond donors (Lipinski definition) is 0. The van der Waals surface area contributed by atoms with E-state index in [4.69, 9.17) is 19.5 Å². The predicted octanol–water partition coefficient (Wildman–Crippen LogP) is 4.78. The Hall–Kier alpha value is -4.64. The minimum Gasteiger partial charge on any atom is -0.457 e. The van der Waals surface area contributed by atoms with E-state index in [-0.39, 0.29) is 30.9 Å². The maximum atomic E-state index is 13.2. The molecule has 0 spiro atoms. The molecule has 2 heterocycles. The monoisotopic (exact) mass is 498 g/mol. The molecule has 2 aliphatic heterocycles. The van der Waals surface area contributed by atoms with Crippen LogP contribution < -0.4 is 0 Å². The van der Waals surface area contributed by atoms with Crippen molar-refractivity contribution >= 4 is 40.5 Å². The Morgan fingerprint density at radius 1 is 1.14 bits per heavy atom. The molecule has 0 aromatic heterocycles. The van der Waals surface area contributed by atoms with Crippen LogP contribution in [0.4, 0.5) is 4.79 Å². The van der Waals surface area contributed by atoms with Gasteiger partial charge in [-0.3, -0.25) is 4.79 Å². The van der Waals surface area contributed by atoms with Gasteiger partial charge in [-0.1, -0.05) is 49.6 Å². The maximum Gasteiger partial charge on any atom is 0.508 e. The lowest BCUT2D eigenvalue weighted by Gasteiger charge is -2.45. The smallest absolute Gasteiger partial charge is 0.457 e. The standard InChI is InChI=1S/C29H26N2O6/c1-4-13-35-28(33)26-23(22-11-10-20-15-19(7-6-12-30)8-9-21(20)16-22)17-24-25(27(32)31(24)26)18(3)37-29(34)36-14-5-2/h4-11,15-16,18,24-25H,1-2,13-14,17H2,3H3/b7-6+/t18-,24-,25-/m1/s1. The Labute approximate surface area is 214 Å². The van der Waals surface area contributed by atoms with Crippen LogP contribution in [0.25, 0.3) is 22.4 Å². The van der Waals surface area contributed by atoms with Gasteiger partial charge in [0.2, 0.25) is 5.91 Å².